The van der Waals surface area contributed by atoms with Crippen LogP contribution in [-0.2, 0) is 12.0 Å². The molecule has 0 bridgehead atoms. The fourth-order valence-electron chi connectivity index (χ4n) is 2.83. The number of benzene rings is 1. The SMILES string of the molecule is Cc1noc(C)c1C(=O)Nc1ccnn1Cc1ccc(C(C)(C)C)cc1. The minimum absolute atomic E-state index is 0.123. The van der Waals surface area contributed by atoms with Gasteiger partial charge in [0.1, 0.15) is 17.1 Å². The van der Waals surface area contributed by atoms with Crippen LogP contribution in [-0.4, -0.2) is 20.8 Å². The fraction of sp³-hybridized carbons (Fsp3) is 0.350. The highest BCUT2D eigenvalue weighted by Gasteiger charge is 2.19. The zero-order valence-corrected chi connectivity index (χ0v) is 15.8. The number of aryl methyl sites for hydroxylation is 2. The molecule has 6 heteroatoms. The van der Waals surface area contributed by atoms with E-state index in [0.717, 1.165) is 5.56 Å². The molecule has 26 heavy (non-hydrogen) atoms. The maximum absolute atomic E-state index is 12.5. The van der Waals surface area contributed by atoms with Crippen molar-refractivity contribution in [1.29, 1.82) is 0 Å². The second-order valence-electron chi connectivity index (χ2n) is 7.47. The molecule has 0 fully saturated rings. The monoisotopic (exact) mass is 352 g/mol. The van der Waals surface area contributed by atoms with Crippen LogP contribution in [0.4, 0.5) is 5.82 Å². The Bertz CT molecular complexity index is 895. The lowest BCUT2D eigenvalue weighted by Gasteiger charge is -2.19. The van der Waals surface area contributed by atoms with Crippen molar-refractivity contribution in [3.63, 3.8) is 0 Å². The summed E-state index contributed by atoms with van der Waals surface area (Å²) in [6, 6.07) is 10.3. The van der Waals surface area contributed by atoms with E-state index < -0.39 is 0 Å². The smallest absolute Gasteiger partial charge is 0.262 e. The predicted octanol–water partition coefficient (Wildman–Crippen LogP) is 4.09. The molecule has 2 heterocycles. The van der Waals surface area contributed by atoms with Crippen molar-refractivity contribution >= 4 is 11.7 Å². The van der Waals surface area contributed by atoms with Crippen molar-refractivity contribution in [2.75, 3.05) is 5.32 Å². The Balaban J connectivity index is 1.76. The molecule has 1 N–H and O–H groups in total. The average Bonchev–Trinajstić information content (AvgIpc) is 3.13. The quantitative estimate of drug-likeness (QED) is 0.768. The van der Waals surface area contributed by atoms with Gasteiger partial charge in [0.15, 0.2) is 0 Å². The van der Waals surface area contributed by atoms with Crippen molar-refractivity contribution < 1.29 is 9.32 Å². The molecule has 0 aliphatic rings. The highest BCUT2D eigenvalue weighted by Crippen LogP contribution is 2.23. The first-order valence-corrected chi connectivity index (χ1v) is 8.61. The molecular weight excluding hydrogens is 328 g/mol. The summed E-state index contributed by atoms with van der Waals surface area (Å²) in [6.07, 6.45) is 1.67. The van der Waals surface area contributed by atoms with Crippen molar-refractivity contribution in [1.82, 2.24) is 14.9 Å². The van der Waals surface area contributed by atoms with E-state index in [9.17, 15) is 4.79 Å². The third-order valence-corrected chi connectivity index (χ3v) is 4.37. The van der Waals surface area contributed by atoms with Gasteiger partial charge in [-0.3, -0.25) is 4.79 Å². The minimum atomic E-state index is -0.244. The van der Waals surface area contributed by atoms with Gasteiger partial charge >= 0.3 is 0 Å². The largest absolute Gasteiger partial charge is 0.361 e. The number of hydrogen-bond donors (Lipinski definition) is 1. The highest BCUT2D eigenvalue weighted by atomic mass is 16.5. The Labute approximate surface area is 153 Å². The molecule has 0 radical (unpaired) electrons. The molecule has 0 unspecified atom stereocenters. The Morgan fingerprint density at radius 3 is 2.42 bits per heavy atom. The topological polar surface area (TPSA) is 73.0 Å². The van der Waals surface area contributed by atoms with Crippen molar-refractivity contribution in [3.05, 3.63) is 64.7 Å². The lowest BCUT2D eigenvalue weighted by atomic mass is 9.87. The van der Waals surface area contributed by atoms with Crippen LogP contribution in [0, 0.1) is 13.8 Å². The van der Waals surface area contributed by atoms with Gasteiger partial charge in [0, 0.05) is 6.07 Å². The molecule has 3 aromatic rings. The number of anilines is 1. The number of carbonyl (C=O) groups excluding carboxylic acids is 1. The van der Waals surface area contributed by atoms with Crippen LogP contribution in [0.5, 0.6) is 0 Å². The summed E-state index contributed by atoms with van der Waals surface area (Å²) in [7, 11) is 0. The van der Waals surface area contributed by atoms with E-state index in [-0.39, 0.29) is 11.3 Å². The molecule has 0 spiro atoms. The fourth-order valence-corrected chi connectivity index (χ4v) is 2.83. The minimum Gasteiger partial charge on any atom is -0.361 e. The third kappa shape index (κ3) is 3.69. The maximum Gasteiger partial charge on any atom is 0.262 e. The molecule has 6 nitrogen and oxygen atoms in total. The summed E-state index contributed by atoms with van der Waals surface area (Å²) in [4.78, 5) is 12.5. The van der Waals surface area contributed by atoms with Gasteiger partial charge in [-0.2, -0.15) is 5.10 Å². The van der Waals surface area contributed by atoms with Gasteiger partial charge in [-0.15, -0.1) is 0 Å². The van der Waals surface area contributed by atoms with Gasteiger partial charge in [0.25, 0.3) is 5.91 Å². The molecule has 0 aliphatic carbocycles. The van der Waals surface area contributed by atoms with Crippen LogP contribution in [0.15, 0.2) is 41.1 Å². The molecule has 0 aliphatic heterocycles. The highest BCUT2D eigenvalue weighted by molar-refractivity contribution is 6.05. The summed E-state index contributed by atoms with van der Waals surface area (Å²) >= 11 is 0. The first kappa shape index (κ1) is 17.9. The summed E-state index contributed by atoms with van der Waals surface area (Å²) in [5.74, 6) is 0.893. The van der Waals surface area contributed by atoms with Gasteiger partial charge in [-0.1, -0.05) is 50.2 Å². The lowest BCUT2D eigenvalue weighted by molar-refractivity contribution is 0.102. The van der Waals surface area contributed by atoms with E-state index in [1.54, 1.807) is 30.8 Å². The van der Waals surface area contributed by atoms with Gasteiger partial charge in [0.2, 0.25) is 0 Å². The standard InChI is InChI=1S/C20H24N4O2/c1-13-18(14(2)26-23-13)19(25)22-17-10-11-21-24(17)12-15-6-8-16(9-7-15)20(3,4)5/h6-11H,12H2,1-5H3,(H,22,25). The first-order chi connectivity index (χ1) is 12.3. The molecule has 1 aromatic carbocycles. The Kier molecular flexibility index (Phi) is 4.68. The van der Waals surface area contributed by atoms with Crippen LogP contribution < -0.4 is 5.32 Å². The Morgan fingerprint density at radius 2 is 1.85 bits per heavy atom. The number of carbonyl (C=O) groups is 1. The van der Waals surface area contributed by atoms with E-state index in [1.807, 2.05) is 0 Å². The second-order valence-corrected chi connectivity index (χ2v) is 7.47. The molecule has 0 saturated heterocycles. The molecule has 136 valence electrons. The third-order valence-electron chi connectivity index (χ3n) is 4.37. The molecule has 2 aromatic heterocycles. The van der Waals surface area contributed by atoms with Crippen molar-refractivity contribution in [3.8, 4) is 0 Å². The summed E-state index contributed by atoms with van der Waals surface area (Å²) < 4.78 is 6.83. The Morgan fingerprint density at radius 1 is 1.15 bits per heavy atom. The number of nitrogens with one attached hydrogen (secondary N) is 1. The average molecular weight is 352 g/mol. The maximum atomic E-state index is 12.5. The second kappa shape index (κ2) is 6.78. The summed E-state index contributed by atoms with van der Waals surface area (Å²) in [5.41, 5.74) is 3.57. The van der Waals surface area contributed by atoms with Gasteiger partial charge in [-0.25, -0.2) is 4.68 Å². The molecule has 1 amide bonds. The van der Waals surface area contributed by atoms with Crippen LogP contribution in [0.2, 0.25) is 0 Å². The van der Waals surface area contributed by atoms with Gasteiger partial charge < -0.3 is 9.84 Å². The number of nitrogens with zero attached hydrogens (tertiary/aromatic N) is 3. The molecule has 0 atom stereocenters. The van der Waals surface area contributed by atoms with Crippen LogP contribution in [0.3, 0.4) is 0 Å². The number of hydrogen-bond acceptors (Lipinski definition) is 4. The predicted molar refractivity (Wildman–Crippen MR) is 100 cm³/mol. The van der Waals surface area contributed by atoms with E-state index in [2.05, 4.69) is 60.6 Å². The van der Waals surface area contributed by atoms with E-state index in [4.69, 9.17) is 4.52 Å². The summed E-state index contributed by atoms with van der Waals surface area (Å²) in [5, 5.41) is 11.0. The number of rotatable bonds is 4. The lowest BCUT2D eigenvalue weighted by Crippen LogP contribution is -2.17. The van der Waals surface area contributed by atoms with Crippen molar-refractivity contribution in [2.45, 2.75) is 46.6 Å². The molecule has 0 saturated carbocycles. The van der Waals surface area contributed by atoms with E-state index in [1.165, 1.54) is 5.56 Å². The number of amides is 1. The van der Waals surface area contributed by atoms with E-state index >= 15 is 0 Å². The van der Waals surface area contributed by atoms with Crippen LogP contribution >= 0.6 is 0 Å². The Hall–Kier alpha value is -2.89. The van der Waals surface area contributed by atoms with Crippen LogP contribution in [0.1, 0.15) is 53.7 Å². The summed E-state index contributed by atoms with van der Waals surface area (Å²) in [6.45, 7) is 10.6. The van der Waals surface area contributed by atoms with Gasteiger partial charge in [0.05, 0.1) is 18.4 Å². The zero-order valence-electron chi connectivity index (χ0n) is 15.8. The van der Waals surface area contributed by atoms with Gasteiger partial charge in [-0.05, 0) is 30.4 Å². The van der Waals surface area contributed by atoms with Crippen LogP contribution in [0.25, 0.3) is 0 Å². The van der Waals surface area contributed by atoms with Crippen molar-refractivity contribution in [2.24, 2.45) is 0 Å². The normalized spacial score (nSPS) is 11.6. The van der Waals surface area contributed by atoms with E-state index in [0.29, 0.717) is 29.4 Å². The number of aromatic nitrogens is 3. The first-order valence-electron chi connectivity index (χ1n) is 8.61. The molecular formula is C20H24N4O2. The zero-order chi connectivity index (χ0) is 18.9. The molecule has 3 rings (SSSR count).